The maximum atomic E-state index is 13.0. The first kappa shape index (κ1) is 52.0. The summed E-state index contributed by atoms with van der Waals surface area (Å²) in [5.41, 5.74) is 0. The molecule has 0 aromatic heterocycles. The summed E-state index contributed by atoms with van der Waals surface area (Å²) in [7, 11) is -5.12. The number of aliphatic hydroxyl groups excluding tert-OH is 5. The number of nitrogens with one attached hydrogen (secondary N) is 1. The SMILES string of the molecule is CC/C=C/CC/C=C/CC/C=C/C(O)C(COC1OC(CO)C(O)C(OS(=O)(=O)O)C1O)NC(=O)C(O)CCCCCC/C=C\CCCCCCCCCCC. The normalized spacial score (nSPS) is 22.5. The molecule has 1 saturated heterocycles. The molecular weight excluding hydrogens is 743 g/mol. The molecule has 8 atom stereocenters. The van der Waals surface area contributed by atoms with Crippen LogP contribution in [0.5, 0.6) is 0 Å². The van der Waals surface area contributed by atoms with Crippen LogP contribution in [0.15, 0.2) is 48.6 Å². The summed E-state index contributed by atoms with van der Waals surface area (Å²) in [5, 5.41) is 54.9. The molecule has 1 heterocycles. The Morgan fingerprint density at radius 1 is 0.732 bits per heavy atom. The lowest BCUT2D eigenvalue weighted by Crippen LogP contribution is -2.61. The van der Waals surface area contributed by atoms with E-state index in [0.29, 0.717) is 12.8 Å². The predicted molar refractivity (Wildman–Crippen MR) is 219 cm³/mol. The molecule has 0 saturated carbocycles. The van der Waals surface area contributed by atoms with Crippen molar-refractivity contribution < 1.29 is 57.0 Å². The molecule has 7 N–H and O–H groups in total. The van der Waals surface area contributed by atoms with E-state index in [1.165, 1.54) is 63.9 Å². The number of allylic oxidation sites excluding steroid dienone is 7. The van der Waals surface area contributed by atoms with Gasteiger partial charge in [0, 0.05) is 0 Å². The van der Waals surface area contributed by atoms with Crippen molar-refractivity contribution in [2.75, 3.05) is 13.2 Å². The third kappa shape index (κ3) is 25.4. The number of hydrogen-bond acceptors (Lipinski definition) is 11. The van der Waals surface area contributed by atoms with Gasteiger partial charge in [0.15, 0.2) is 6.29 Å². The van der Waals surface area contributed by atoms with E-state index in [2.05, 4.69) is 53.7 Å². The average Bonchev–Trinajstić information content (AvgIpc) is 3.16. The van der Waals surface area contributed by atoms with Gasteiger partial charge in [-0.2, -0.15) is 8.42 Å². The highest BCUT2D eigenvalue weighted by molar-refractivity contribution is 7.80. The van der Waals surface area contributed by atoms with Gasteiger partial charge in [-0.1, -0.05) is 133 Å². The van der Waals surface area contributed by atoms with Crippen molar-refractivity contribution in [2.24, 2.45) is 0 Å². The monoisotopic (exact) mass is 818 g/mol. The summed E-state index contributed by atoms with van der Waals surface area (Å²) >= 11 is 0. The number of amides is 1. The Morgan fingerprint density at radius 2 is 1.25 bits per heavy atom. The standard InChI is InChI=1S/C42H75NO12S/c1-3-5-7-9-11-13-15-16-17-18-19-20-21-23-25-27-29-31-36(46)41(49)43-34(35(45)30-28-26-24-22-14-12-10-8-6-4-2)33-53-42-39(48)40(55-56(50,51)52)38(47)37(32-44)54-42/h6,8,14,19-20,22,28,30,34-40,42,44-48H,3-5,7,9-13,15-18,21,23-27,29,31-33H2,1-2H3,(H,43,49)(H,50,51,52)/b8-6+,20-19-,22-14+,30-28+. The van der Waals surface area contributed by atoms with Gasteiger partial charge in [0.2, 0.25) is 5.91 Å². The smallest absolute Gasteiger partial charge is 0.394 e. The largest absolute Gasteiger partial charge is 0.397 e. The van der Waals surface area contributed by atoms with Gasteiger partial charge < -0.3 is 40.3 Å². The zero-order valence-electron chi connectivity index (χ0n) is 34.0. The van der Waals surface area contributed by atoms with Gasteiger partial charge in [-0.3, -0.25) is 9.35 Å². The number of unbranched alkanes of at least 4 members (excludes halogenated alkanes) is 15. The predicted octanol–water partition coefficient (Wildman–Crippen LogP) is 6.29. The Hall–Kier alpha value is -1.98. The van der Waals surface area contributed by atoms with Crippen molar-refractivity contribution in [3.05, 3.63) is 48.6 Å². The zero-order chi connectivity index (χ0) is 41.4. The molecule has 1 aliphatic rings. The molecule has 326 valence electrons. The summed E-state index contributed by atoms with van der Waals surface area (Å²) in [6.45, 7) is 3.03. The van der Waals surface area contributed by atoms with Gasteiger partial charge >= 0.3 is 10.4 Å². The van der Waals surface area contributed by atoms with Crippen LogP contribution < -0.4 is 5.32 Å². The van der Waals surface area contributed by atoms with Gasteiger partial charge in [0.1, 0.15) is 30.5 Å². The molecule has 1 fully saturated rings. The molecular formula is C42H75NO12S. The van der Waals surface area contributed by atoms with Crippen LogP contribution in [-0.2, 0) is 28.9 Å². The maximum absolute atomic E-state index is 13.0. The van der Waals surface area contributed by atoms with Crippen LogP contribution in [0, 0.1) is 0 Å². The molecule has 1 rings (SSSR count). The maximum Gasteiger partial charge on any atom is 0.397 e. The van der Waals surface area contributed by atoms with Crippen molar-refractivity contribution in [3.63, 3.8) is 0 Å². The molecule has 1 amide bonds. The number of rotatable bonds is 34. The fraction of sp³-hybridized carbons (Fsp3) is 0.786. The molecule has 0 radical (unpaired) electrons. The molecule has 56 heavy (non-hydrogen) atoms. The number of carbonyl (C=O) groups excluding carboxylic acids is 1. The van der Waals surface area contributed by atoms with Crippen LogP contribution in [0.1, 0.15) is 149 Å². The van der Waals surface area contributed by atoms with E-state index in [9.17, 15) is 38.7 Å². The first-order valence-corrected chi connectivity index (χ1v) is 22.5. The van der Waals surface area contributed by atoms with Crippen LogP contribution in [0.25, 0.3) is 0 Å². The molecule has 0 bridgehead atoms. The second-order valence-corrected chi connectivity index (χ2v) is 15.7. The fourth-order valence-corrected chi connectivity index (χ4v) is 6.82. The second kappa shape index (κ2) is 32.9. The minimum atomic E-state index is -5.12. The lowest BCUT2D eigenvalue weighted by atomic mass is 9.99. The number of aliphatic hydroxyl groups is 5. The number of carbonyl (C=O) groups is 1. The molecule has 14 heteroatoms. The molecule has 0 aromatic rings. The third-order valence-electron chi connectivity index (χ3n) is 9.68. The Morgan fingerprint density at radius 3 is 1.80 bits per heavy atom. The van der Waals surface area contributed by atoms with E-state index in [1.807, 2.05) is 6.08 Å². The van der Waals surface area contributed by atoms with E-state index < -0.39 is 78.5 Å². The van der Waals surface area contributed by atoms with Crippen LogP contribution in [0.3, 0.4) is 0 Å². The van der Waals surface area contributed by atoms with Crippen LogP contribution >= 0.6 is 0 Å². The molecule has 8 unspecified atom stereocenters. The van der Waals surface area contributed by atoms with Crippen molar-refractivity contribution in [2.45, 2.75) is 198 Å². The Labute approximate surface area is 337 Å². The zero-order valence-corrected chi connectivity index (χ0v) is 34.9. The highest BCUT2D eigenvalue weighted by Gasteiger charge is 2.48. The first-order valence-electron chi connectivity index (χ1n) is 21.1. The van der Waals surface area contributed by atoms with E-state index >= 15 is 0 Å². The lowest BCUT2D eigenvalue weighted by molar-refractivity contribution is -0.298. The van der Waals surface area contributed by atoms with Gasteiger partial charge in [-0.05, 0) is 64.2 Å². The molecule has 0 aromatic carbocycles. The van der Waals surface area contributed by atoms with Crippen LogP contribution in [-0.4, -0.2) is 107 Å². The summed E-state index contributed by atoms with van der Waals surface area (Å²) in [6.07, 6.45) is 26.5. The average molecular weight is 818 g/mol. The minimum absolute atomic E-state index is 0.218. The van der Waals surface area contributed by atoms with Gasteiger partial charge in [-0.25, -0.2) is 4.18 Å². The van der Waals surface area contributed by atoms with Crippen molar-refractivity contribution in [3.8, 4) is 0 Å². The highest BCUT2D eigenvalue weighted by Crippen LogP contribution is 2.26. The van der Waals surface area contributed by atoms with Gasteiger partial charge in [0.25, 0.3) is 0 Å². The van der Waals surface area contributed by atoms with E-state index in [-0.39, 0.29) is 6.42 Å². The summed E-state index contributed by atoms with van der Waals surface area (Å²) < 4.78 is 47.3. The summed E-state index contributed by atoms with van der Waals surface area (Å²) in [5.74, 6) is -0.730. The minimum Gasteiger partial charge on any atom is -0.394 e. The molecule has 13 nitrogen and oxygen atoms in total. The Balaban J connectivity index is 2.62. The Bertz CT molecular complexity index is 1210. The number of hydrogen-bond donors (Lipinski definition) is 7. The van der Waals surface area contributed by atoms with Crippen molar-refractivity contribution in [1.82, 2.24) is 5.32 Å². The van der Waals surface area contributed by atoms with Gasteiger partial charge in [-0.15, -0.1) is 0 Å². The number of ether oxygens (including phenoxy) is 2. The van der Waals surface area contributed by atoms with Crippen molar-refractivity contribution >= 4 is 16.3 Å². The second-order valence-electron chi connectivity index (χ2n) is 14.7. The highest BCUT2D eigenvalue weighted by atomic mass is 32.3. The molecule has 1 aliphatic heterocycles. The summed E-state index contributed by atoms with van der Waals surface area (Å²) in [6, 6.07) is -1.15. The van der Waals surface area contributed by atoms with Crippen molar-refractivity contribution in [1.29, 1.82) is 0 Å². The molecule has 0 aliphatic carbocycles. The topological polar surface area (TPSA) is 212 Å². The van der Waals surface area contributed by atoms with E-state index in [4.69, 9.17) is 14.0 Å². The lowest BCUT2D eigenvalue weighted by Gasteiger charge is -2.41. The fourth-order valence-electron chi connectivity index (χ4n) is 6.32. The van der Waals surface area contributed by atoms with Gasteiger partial charge in [0.05, 0.1) is 25.4 Å². The molecule has 0 spiro atoms. The third-order valence-corrected chi connectivity index (χ3v) is 10.1. The van der Waals surface area contributed by atoms with E-state index in [0.717, 1.165) is 57.8 Å². The quantitative estimate of drug-likeness (QED) is 0.0217. The summed E-state index contributed by atoms with van der Waals surface area (Å²) in [4.78, 5) is 13.0. The Kier molecular flexibility index (Phi) is 30.6. The van der Waals surface area contributed by atoms with Crippen LogP contribution in [0.2, 0.25) is 0 Å². The van der Waals surface area contributed by atoms with E-state index in [1.54, 1.807) is 6.08 Å². The van der Waals surface area contributed by atoms with Crippen LogP contribution in [0.4, 0.5) is 0 Å². The first-order chi connectivity index (χ1) is 26.9.